The van der Waals surface area contributed by atoms with Crippen molar-refractivity contribution in [2.45, 2.75) is 48.6 Å². The average molecular weight is 334 g/mol. The summed E-state index contributed by atoms with van der Waals surface area (Å²) in [5.74, 6) is 0.0788. The topological polar surface area (TPSA) is 37.3 Å². The molecule has 0 aromatic carbocycles. The molecule has 0 saturated carbocycles. The molecule has 0 rings (SSSR count). The van der Waals surface area contributed by atoms with Crippen molar-refractivity contribution in [1.29, 1.82) is 0 Å². The molecule has 0 saturated heterocycles. The van der Waals surface area contributed by atoms with Crippen molar-refractivity contribution in [3.8, 4) is 0 Å². The lowest BCUT2D eigenvalue weighted by Crippen LogP contribution is -2.25. The summed E-state index contributed by atoms with van der Waals surface area (Å²) in [5.41, 5.74) is 0. The molecule has 0 bridgehead atoms. The molecule has 0 fully saturated rings. The van der Waals surface area contributed by atoms with Crippen LogP contribution < -0.4 is 0 Å². The van der Waals surface area contributed by atoms with Crippen LogP contribution in [0.2, 0.25) is 0 Å². The molecule has 0 heterocycles. The van der Waals surface area contributed by atoms with Gasteiger partial charge in [-0.3, -0.25) is 4.79 Å². The minimum Gasteiger partial charge on any atom is -0.388 e. The third-order valence-electron chi connectivity index (χ3n) is 1.88. The molecule has 14 heavy (non-hydrogen) atoms. The van der Waals surface area contributed by atoms with E-state index in [1.165, 1.54) is 0 Å². The van der Waals surface area contributed by atoms with Crippen molar-refractivity contribution < 1.29 is 14.3 Å². The number of hydrogen-bond acceptors (Lipinski definition) is 2. The quantitative estimate of drug-likeness (QED) is 0.726. The van der Waals surface area contributed by atoms with Crippen LogP contribution in [0.4, 0.5) is 4.39 Å². The molecular formula is C9H15Br2FO2. The van der Waals surface area contributed by atoms with Gasteiger partial charge in [-0.1, -0.05) is 13.3 Å². The smallest absolute Gasteiger partial charge is 0.244 e. The molecule has 0 aromatic heterocycles. The summed E-state index contributed by atoms with van der Waals surface area (Å²) in [4.78, 5) is 11.2. The van der Waals surface area contributed by atoms with Gasteiger partial charge in [-0.15, -0.1) is 0 Å². The lowest BCUT2D eigenvalue weighted by atomic mass is 10.1. The Labute approximate surface area is 101 Å². The second kappa shape index (κ2) is 6.90. The monoisotopic (exact) mass is 332 g/mol. The number of aliphatic hydroxyl groups is 1. The van der Waals surface area contributed by atoms with Gasteiger partial charge in [-0.25, -0.2) is 4.39 Å². The van der Waals surface area contributed by atoms with E-state index in [9.17, 15) is 14.3 Å². The number of hydrogen-bond donors (Lipinski definition) is 1. The van der Waals surface area contributed by atoms with Crippen molar-refractivity contribution in [2.24, 2.45) is 0 Å². The van der Waals surface area contributed by atoms with Gasteiger partial charge in [-0.05, 0) is 44.7 Å². The van der Waals surface area contributed by atoms with Gasteiger partial charge in [-0.2, -0.15) is 0 Å². The predicted molar refractivity (Wildman–Crippen MR) is 61.5 cm³/mol. The largest absolute Gasteiger partial charge is 0.388 e. The van der Waals surface area contributed by atoms with E-state index < -0.39 is 9.59 Å². The summed E-state index contributed by atoms with van der Waals surface area (Å²) in [6, 6.07) is 0. The molecule has 0 amide bonds. The van der Waals surface area contributed by atoms with E-state index in [2.05, 4.69) is 31.9 Å². The zero-order valence-electron chi connectivity index (χ0n) is 8.10. The fourth-order valence-electron chi connectivity index (χ4n) is 0.960. The van der Waals surface area contributed by atoms with Crippen molar-refractivity contribution in [3.63, 3.8) is 0 Å². The van der Waals surface area contributed by atoms with Crippen LogP contribution in [-0.4, -0.2) is 20.5 Å². The first-order valence-corrected chi connectivity index (χ1v) is 6.23. The SMILES string of the molecule is CCCCC(=O)CCC(O)C(F)(Br)Br. The number of carbonyl (C=O) groups excluding carboxylic acids is 1. The van der Waals surface area contributed by atoms with Crippen LogP contribution in [0.3, 0.4) is 0 Å². The van der Waals surface area contributed by atoms with Gasteiger partial charge in [0.2, 0.25) is 3.49 Å². The number of alkyl halides is 3. The van der Waals surface area contributed by atoms with Gasteiger partial charge < -0.3 is 5.11 Å². The zero-order valence-corrected chi connectivity index (χ0v) is 11.3. The van der Waals surface area contributed by atoms with Crippen LogP contribution in [0.25, 0.3) is 0 Å². The number of unbranched alkanes of at least 4 members (excludes halogenated alkanes) is 1. The molecule has 0 aliphatic heterocycles. The molecule has 1 atom stereocenters. The summed E-state index contributed by atoms with van der Waals surface area (Å²) in [5, 5.41) is 9.24. The molecular weight excluding hydrogens is 319 g/mol. The van der Waals surface area contributed by atoms with Gasteiger partial charge in [0, 0.05) is 12.8 Å². The van der Waals surface area contributed by atoms with E-state index in [1.807, 2.05) is 6.92 Å². The van der Waals surface area contributed by atoms with Gasteiger partial charge in [0.15, 0.2) is 0 Å². The van der Waals surface area contributed by atoms with Crippen molar-refractivity contribution in [1.82, 2.24) is 0 Å². The maximum atomic E-state index is 13.0. The summed E-state index contributed by atoms with van der Waals surface area (Å²) >= 11 is 5.27. The highest BCUT2D eigenvalue weighted by Gasteiger charge is 2.31. The minimum absolute atomic E-state index is 0.0788. The van der Waals surface area contributed by atoms with Crippen LogP contribution in [0, 0.1) is 0 Å². The van der Waals surface area contributed by atoms with Gasteiger partial charge in [0.05, 0.1) is 0 Å². The first kappa shape index (κ1) is 14.5. The molecule has 0 spiro atoms. The fraction of sp³-hybridized carbons (Fsp3) is 0.889. The van der Waals surface area contributed by atoms with Gasteiger partial charge in [0.1, 0.15) is 11.9 Å². The van der Waals surface area contributed by atoms with E-state index in [1.54, 1.807) is 0 Å². The first-order valence-electron chi connectivity index (χ1n) is 4.64. The summed E-state index contributed by atoms with van der Waals surface area (Å²) in [7, 11) is 0. The highest BCUT2D eigenvalue weighted by Crippen LogP contribution is 2.33. The lowest BCUT2D eigenvalue weighted by molar-refractivity contribution is -0.119. The Morgan fingerprint density at radius 1 is 1.50 bits per heavy atom. The Morgan fingerprint density at radius 2 is 2.07 bits per heavy atom. The summed E-state index contributed by atoms with van der Waals surface area (Å²) in [6.45, 7) is 2.01. The van der Waals surface area contributed by atoms with Crippen molar-refractivity contribution in [2.75, 3.05) is 0 Å². The zero-order chi connectivity index (χ0) is 11.2. The molecule has 2 nitrogen and oxygen atoms in total. The Morgan fingerprint density at radius 3 is 2.50 bits per heavy atom. The maximum Gasteiger partial charge on any atom is 0.244 e. The van der Waals surface area contributed by atoms with E-state index >= 15 is 0 Å². The van der Waals surface area contributed by atoms with Crippen LogP contribution in [-0.2, 0) is 4.79 Å². The van der Waals surface area contributed by atoms with Gasteiger partial charge in [0.25, 0.3) is 0 Å². The number of aliphatic hydroxyl groups excluding tert-OH is 1. The van der Waals surface area contributed by atoms with Crippen LogP contribution in [0.15, 0.2) is 0 Å². The second-order valence-corrected chi connectivity index (χ2v) is 6.61. The normalized spacial score (nSPS) is 14.1. The predicted octanol–water partition coefficient (Wildman–Crippen LogP) is 3.30. The first-order chi connectivity index (χ1) is 6.38. The van der Waals surface area contributed by atoms with Crippen LogP contribution >= 0.6 is 31.9 Å². The maximum absolute atomic E-state index is 13.0. The number of carbonyl (C=O) groups is 1. The summed E-state index contributed by atoms with van der Waals surface area (Å²) < 4.78 is 11.0. The van der Waals surface area contributed by atoms with E-state index in [0.29, 0.717) is 6.42 Å². The molecule has 0 aliphatic rings. The molecule has 1 N–H and O–H groups in total. The van der Waals surface area contributed by atoms with E-state index in [4.69, 9.17) is 0 Å². The number of ketones is 1. The molecule has 84 valence electrons. The van der Waals surface area contributed by atoms with Crippen LogP contribution in [0.1, 0.15) is 39.0 Å². The number of halogens is 3. The Kier molecular flexibility index (Phi) is 7.16. The van der Waals surface area contributed by atoms with E-state index in [0.717, 1.165) is 12.8 Å². The van der Waals surface area contributed by atoms with E-state index in [-0.39, 0.29) is 18.6 Å². The van der Waals surface area contributed by atoms with Crippen molar-refractivity contribution in [3.05, 3.63) is 0 Å². The standard InChI is InChI=1S/C9H15Br2FO2/c1-2-3-4-7(13)5-6-8(14)9(10,11)12/h8,14H,2-6H2,1H3. The second-order valence-electron chi connectivity index (χ2n) is 3.24. The van der Waals surface area contributed by atoms with Crippen molar-refractivity contribution >= 4 is 37.6 Å². The Hall–Kier alpha value is 0.520. The molecule has 0 aromatic rings. The highest BCUT2D eigenvalue weighted by atomic mass is 79.9. The third kappa shape index (κ3) is 6.90. The third-order valence-corrected chi connectivity index (χ3v) is 2.94. The molecule has 0 aliphatic carbocycles. The molecule has 1 unspecified atom stereocenters. The number of rotatable bonds is 7. The summed E-state index contributed by atoms with van der Waals surface area (Å²) in [6.07, 6.45) is 1.51. The lowest BCUT2D eigenvalue weighted by Gasteiger charge is -2.17. The molecule has 0 radical (unpaired) electrons. The Balaban J connectivity index is 3.67. The highest BCUT2D eigenvalue weighted by molar-refractivity contribution is 9.25. The minimum atomic E-state index is -1.98. The average Bonchev–Trinajstić information content (AvgIpc) is 2.09. The molecule has 5 heteroatoms. The Bertz CT molecular complexity index is 180. The number of Topliss-reactive ketones (excluding diaryl/α,β-unsaturated/α-hetero) is 1. The van der Waals surface area contributed by atoms with Crippen LogP contribution in [0.5, 0.6) is 0 Å². The van der Waals surface area contributed by atoms with Gasteiger partial charge >= 0.3 is 0 Å². The fourth-order valence-corrected chi connectivity index (χ4v) is 1.42.